The molecule has 8 heavy (non-hydrogen) atoms. The summed E-state index contributed by atoms with van der Waals surface area (Å²) in [5.74, 6) is -0.562. The summed E-state index contributed by atoms with van der Waals surface area (Å²) in [4.78, 5) is 10.3. The summed E-state index contributed by atoms with van der Waals surface area (Å²) >= 11 is 10.2. The Bertz CT molecular complexity index is 83.3. The van der Waals surface area contributed by atoms with E-state index in [1.807, 2.05) is 0 Å². The molecule has 0 aromatic carbocycles. The minimum absolute atomic E-state index is 0.562. The molecule has 0 aliphatic carbocycles. The summed E-state index contributed by atoms with van der Waals surface area (Å²) in [6.07, 6.45) is 0. The van der Waals surface area contributed by atoms with Crippen molar-refractivity contribution in [2.75, 3.05) is 0 Å². The van der Waals surface area contributed by atoms with Crippen molar-refractivity contribution in [1.29, 1.82) is 0 Å². The number of alkyl halides is 2. The third kappa shape index (κ3) is 2.47. The maximum atomic E-state index is 10.3. The number of Topliss-reactive ketones (excluding diaryl/α,β-unsaturated/α-hetero) is 1. The van der Waals surface area contributed by atoms with Crippen LogP contribution in [0.5, 0.6) is 0 Å². The normalized spacial score (nSPS) is 17.5. The lowest BCUT2D eigenvalue weighted by molar-refractivity contribution is -0.118. The Morgan fingerprint density at radius 3 is 1.50 bits per heavy atom. The van der Waals surface area contributed by atoms with Crippen molar-refractivity contribution in [2.45, 2.75) is 11.0 Å². The van der Waals surface area contributed by atoms with Gasteiger partial charge in [-0.2, -0.15) is 0 Å². The van der Waals surface area contributed by atoms with E-state index >= 15 is 0 Å². The Morgan fingerprint density at radius 2 is 1.50 bits per heavy atom. The lowest BCUT2D eigenvalue weighted by Crippen LogP contribution is -2.36. The Morgan fingerprint density at radius 1 is 1.25 bits per heavy atom. The van der Waals surface area contributed by atoms with Gasteiger partial charge in [-0.15, -0.1) is 0 Å². The Kier molecular flexibility index (Phi) is 3.31. The lowest BCUT2D eigenvalue weighted by atomic mass is 10.4. The van der Waals surface area contributed by atoms with E-state index in [4.69, 9.17) is 34.7 Å². The molecule has 48 valence electrons. The predicted octanol–water partition coefficient (Wildman–Crippen LogP) is -0.397. The highest BCUT2D eigenvalue weighted by molar-refractivity contribution is 6.39. The number of ketones is 1. The molecule has 0 radical (unpaired) electrons. The molecule has 0 saturated carbocycles. The molecule has 0 bridgehead atoms. The highest BCUT2D eigenvalue weighted by Gasteiger charge is 2.15. The zero-order valence-electron chi connectivity index (χ0n) is 3.97. The van der Waals surface area contributed by atoms with Gasteiger partial charge in [0.05, 0.1) is 0 Å². The quantitative estimate of drug-likeness (QED) is 0.423. The number of hydrogen-bond donors (Lipinski definition) is 2. The largest absolute Gasteiger partial charge is 0.309 e. The monoisotopic (exact) mass is 156 g/mol. The van der Waals surface area contributed by atoms with Gasteiger partial charge < -0.3 is 11.5 Å². The summed E-state index contributed by atoms with van der Waals surface area (Å²) in [6.45, 7) is 0. The van der Waals surface area contributed by atoms with Gasteiger partial charge in [0, 0.05) is 0 Å². The molecule has 0 fully saturated rings. The van der Waals surface area contributed by atoms with E-state index in [2.05, 4.69) is 0 Å². The van der Waals surface area contributed by atoms with Gasteiger partial charge in [-0.3, -0.25) is 4.79 Å². The molecule has 5 heteroatoms. The number of carbonyl (C=O) groups excluding carboxylic acids is 1. The van der Waals surface area contributed by atoms with E-state index in [9.17, 15) is 4.79 Å². The van der Waals surface area contributed by atoms with Gasteiger partial charge in [0.1, 0.15) is 11.0 Å². The van der Waals surface area contributed by atoms with Gasteiger partial charge in [-0.25, -0.2) is 0 Å². The number of carbonyl (C=O) groups is 1. The van der Waals surface area contributed by atoms with Gasteiger partial charge >= 0.3 is 0 Å². The van der Waals surface area contributed by atoms with Gasteiger partial charge in [0.15, 0.2) is 5.78 Å². The van der Waals surface area contributed by atoms with E-state index in [1.54, 1.807) is 0 Å². The Labute approximate surface area is 56.9 Å². The number of nitrogens with two attached hydrogens (primary N) is 2. The molecule has 0 spiro atoms. The average molecular weight is 157 g/mol. The van der Waals surface area contributed by atoms with Crippen LogP contribution in [-0.2, 0) is 4.79 Å². The molecular weight excluding hydrogens is 151 g/mol. The van der Waals surface area contributed by atoms with E-state index in [0.717, 1.165) is 0 Å². The SMILES string of the molecule is NC(Cl)C(=O)C(N)Cl. The van der Waals surface area contributed by atoms with Crippen molar-refractivity contribution in [3.8, 4) is 0 Å². The van der Waals surface area contributed by atoms with Crippen LogP contribution in [0.3, 0.4) is 0 Å². The maximum absolute atomic E-state index is 10.3. The summed E-state index contributed by atoms with van der Waals surface area (Å²) < 4.78 is 0. The second kappa shape index (κ2) is 3.25. The number of halogens is 2. The fourth-order valence-corrected chi connectivity index (χ4v) is 0.488. The van der Waals surface area contributed by atoms with Crippen LogP contribution < -0.4 is 11.5 Å². The van der Waals surface area contributed by atoms with Crippen LogP contribution in [0.2, 0.25) is 0 Å². The summed E-state index contributed by atoms with van der Waals surface area (Å²) in [5.41, 5.74) is 7.61. The molecule has 4 N–H and O–H groups in total. The molecule has 2 unspecified atom stereocenters. The zero-order valence-corrected chi connectivity index (χ0v) is 5.49. The molecule has 2 atom stereocenters. The minimum atomic E-state index is -1.08. The Balaban J connectivity index is 3.65. The molecule has 0 aliphatic rings. The van der Waals surface area contributed by atoms with Crippen LogP contribution in [0.1, 0.15) is 0 Å². The van der Waals surface area contributed by atoms with Gasteiger partial charge in [-0.05, 0) is 0 Å². The van der Waals surface area contributed by atoms with Crippen molar-refractivity contribution in [2.24, 2.45) is 11.5 Å². The molecule has 0 saturated heterocycles. The first-order chi connectivity index (χ1) is 3.55. The highest BCUT2D eigenvalue weighted by Crippen LogP contribution is 1.95. The van der Waals surface area contributed by atoms with Crippen molar-refractivity contribution >= 4 is 29.0 Å². The molecular formula is C3H6Cl2N2O. The van der Waals surface area contributed by atoms with Gasteiger partial charge in [0.2, 0.25) is 0 Å². The maximum Gasteiger partial charge on any atom is 0.196 e. The third-order valence-electron chi connectivity index (χ3n) is 0.544. The van der Waals surface area contributed by atoms with Crippen molar-refractivity contribution in [3.05, 3.63) is 0 Å². The van der Waals surface area contributed by atoms with Crippen LogP contribution in [0, 0.1) is 0 Å². The molecule has 0 rings (SSSR count). The van der Waals surface area contributed by atoms with Crippen LogP contribution in [0.4, 0.5) is 0 Å². The summed E-state index contributed by atoms with van der Waals surface area (Å²) in [6, 6.07) is 0. The molecule has 3 nitrogen and oxygen atoms in total. The standard InChI is InChI=1S/C3H6Cl2N2O/c4-2(6)1(8)3(5)7/h2-3H,6-7H2. The minimum Gasteiger partial charge on any atom is -0.309 e. The lowest BCUT2D eigenvalue weighted by Gasteiger charge is -2.01. The van der Waals surface area contributed by atoms with Crippen LogP contribution in [0.15, 0.2) is 0 Å². The highest BCUT2D eigenvalue weighted by atomic mass is 35.5. The number of rotatable bonds is 2. The van der Waals surface area contributed by atoms with Gasteiger partial charge in [-0.1, -0.05) is 23.2 Å². The second-order valence-corrected chi connectivity index (χ2v) is 2.15. The molecule has 0 aromatic rings. The first-order valence-electron chi connectivity index (χ1n) is 1.88. The van der Waals surface area contributed by atoms with Crippen LogP contribution in [-0.4, -0.2) is 16.8 Å². The molecule has 0 aromatic heterocycles. The molecule has 0 amide bonds. The first-order valence-corrected chi connectivity index (χ1v) is 2.76. The fraction of sp³-hybridized carbons (Fsp3) is 0.667. The third-order valence-corrected chi connectivity index (χ3v) is 0.974. The average Bonchev–Trinajstić information content (AvgIpc) is 1.64. The zero-order chi connectivity index (χ0) is 6.73. The second-order valence-electron chi connectivity index (χ2n) is 1.21. The summed E-state index contributed by atoms with van der Waals surface area (Å²) in [5, 5.41) is 0. The van der Waals surface area contributed by atoms with Crippen LogP contribution in [0.25, 0.3) is 0 Å². The first kappa shape index (κ1) is 8.17. The fourth-order valence-electron chi connectivity index (χ4n) is 0.152. The van der Waals surface area contributed by atoms with Crippen molar-refractivity contribution in [3.63, 3.8) is 0 Å². The smallest absolute Gasteiger partial charge is 0.196 e. The van der Waals surface area contributed by atoms with E-state index in [0.29, 0.717) is 0 Å². The molecule has 0 heterocycles. The van der Waals surface area contributed by atoms with E-state index < -0.39 is 16.8 Å². The van der Waals surface area contributed by atoms with Crippen molar-refractivity contribution < 1.29 is 4.79 Å². The predicted molar refractivity (Wildman–Crippen MR) is 32.7 cm³/mol. The van der Waals surface area contributed by atoms with Crippen molar-refractivity contribution in [1.82, 2.24) is 0 Å². The van der Waals surface area contributed by atoms with Gasteiger partial charge in [0.25, 0.3) is 0 Å². The summed E-state index contributed by atoms with van der Waals surface area (Å²) in [7, 11) is 0. The van der Waals surface area contributed by atoms with E-state index in [1.165, 1.54) is 0 Å². The molecule has 0 aliphatic heterocycles. The Hall–Kier alpha value is 0.170. The van der Waals surface area contributed by atoms with E-state index in [-0.39, 0.29) is 0 Å². The number of hydrogen-bond acceptors (Lipinski definition) is 3. The van der Waals surface area contributed by atoms with Crippen LogP contribution >= 0.6 is 23.2 Å². The topological polar surface area (TPSA) is 69.1 Å².